The number of sulfonamides is 1. The summed E-state index contributed by atoms with van der Waals surface area (Å²) in [6.45, 7) is 2.34. The molecule has 0 aromatic rings. The zero-order chi connectivity index (χ0) is 20.0. The lowest BCUT2D eigenvalue weighted by Crippen LogP contribution is -2.51. The van der Waals surface area contributed by atoms with Gasteiger partial charge >= 0.3 is 11.9 Å². The summed E-state index contributed by atoms with van der Waals surface area (Å²) in [5, 5.41) is 11.7. The number of methoxy groups -OCH3 is 1. The van der Waals surface area contributed by atoms with Gasteiger partial charge in [0.15, 0.2) is 0 Å². The molecular formula is C16H28N2O7S. The Labute approximate surface area is 154 Å². The summed E-state index contributed by atoms with van der Waals surface area (Å²) < 4.78 is 31.7. The molecule has 0 spiro atoms. The van der Waals surface area contributed by atoms with Crippen molar-refractivity contribution in [2.75, 3.05) is 26.0 Å². The molecule has 1 rings (SSSR count). The van der Waals surface area contributed by atoms with Crippen LogP contribution in [0.3, 0.4) is 0 Å². The number of hydrogen-bond donors (Lipinski definition) is 2. The molecule has 10 heteroatoms. The second-order valence-corrected chi connectivity index (χ2v) is 8.62. The van der Waals surface area contributed by atoms with Gasteiger partial charge in [0, 0.05) is 20.0 Å². The molecule has 1 amide bonds. The van der Waals surface area contributed by atoms with Crippen LogP contribution < -0.4 is 5.32 Å². The van der Waals surface area contributed by atoms with E-state index in [4.69, 9.17) is 4.74 Å². The van der Waals surface area contributed by atoms with E-state index in [0.717, 1.165) is 10.7 Å². The summed E-state index contributed by atoms with van der Waals surface area (Å²) in [6, 6.07) is -1.31. The number of nitrogens with zero attached hydrogens (tertiary/aromatic N) is 1. The summed E-state index contributed by atoms with van der Waals surface area (Å²) in [5.74, 6) is -2.72. The van der Waals surface area contributed by atoms with E-state index in [9.17, 15) is 27.9 Å². The Bertz CT molecular complexity index is 627. The molecule has 1 saturated carbocycles. The Morgan fingerprint density at radius 3 is 2.27 bits per heavy atom. The SMILES string of the molecule is COC(=O)C1(CS(=O)(=O)N(CCNC(C)=O)C(C)C(=O)O)CCCCC1. The molecule has 0 radical (unpaired) electrons. The maximum atomic E-state index is 13.0. The van der Waals surface area contributed by atoms with Crippen LogP contribution in [0.5, 0.6) is 0 Å². The van der Waals surface area contributed by atoms with Gasteiger partial charge < -0.3 is 15.2 Å². The first-order chi connectivity index (χ1) is 12.1. The van der Waals surface area contributed by atoms with E-state index in [2.05, 4.69) is 5.32 Å². The fraction of sp³-hybridized carbons (Fsp3) is 0.812. The number of carboxylic acids is 1. The van der Waals surface area contributed by atoms with Crippen molar-refractivity contribution in [1.82, 2.24) is 9.62 Å². The molecule has 0 bridgehead atoms. The number of nitrogens with one attached hydrogen (secondary N) is 1. The number of ether oxygens (including phenoxy) is 1. The predicted molar refractivity (Wildman–Crippen MR) is 93.8 cm³/mol. The molecule has 1 atom stereocenters. The Hall–Kier alpha value is -1.68. The van der Waals surface area contributed by atoms with Crippen molar-refractivity contribution < 1.29 is 32.6 Å². The number of carbonyl (C=O) groups excluding carboxylic acids is 2. The number of aliphatic carboxylic acids is 1. The van der Waals surface area contributed by atoms with Crippen LogP contribution >= 0.6 is 0 Å². The first-order valence-corrected chi connectivity index (χ1v) is 10.2. The van der Waals surface area contributed by atoms with Gasteiger partial charge in [-0.25, -0.2) is 8.42 Å². The summed E-state index contributed by atoms with van der Waals surface area (Å²) in [4.78, 5) is 34.7. The minimum atomic E-state index is -4.08. The molecule has 0 heterocycles. The highest BCUT2D eigenvalue weighted by molar-refractivity contribution is 7.89. The number of esters is 1. The van der Waals surface area contributed by atoms with E-state index >= 15 is 0 Å². The average molecular weight is 392 g/mol. The molecule has 2 N–H and O–H groups in total. The van der Waals surface area contributed by atoms with Gasteiger partial charge in [-0.15, -0.1) is 0 Å². The van der Waals surface area contributed by atoms with Gasteiger partial charge in [0.05, 0.1) is 18.3 Å². The summed E-state index contributed by atoms with van der Waals surface area (Å²) in [7, 11) is -2.86. The van der Waals surface area contributed by atoms with Crippen molar-refractivity contribution >= 4 is 27.9 Å². The Balaban J connectivity index is 3.10. The zero-order valence-corrected chi connectivity index (χ0v) is 16.3. The molecule has 150 valence electrons. The largest absolute Gasteiger partial charge is 0.480 e. The van der Waals surface area contributed by atoms with Gasteiger partial charge in [0.25, 0.3) is 0 Å². The van der Waals surface area contributed by atoms with Crippen LogP contribution in [-0.2, 0) is 29.1 Å². The molecule has 0 saturated heterocycles. The molecule has 26 heavy (non-hydrogen) atoms. The molecular weight excluding hydrogens is 364 g/mol. The van der Waals surface area contributed by atoms with E-state index in [0.29, 0.717) is 25.7 Å². The monoisotopic (exact) mass is 392 g/mol. The topological polar surface area (TPSA) is 130 Å². The standard InChI is InChI=1S/C16H28N2O7S/c1-12(14(20)21)18(10-9-17-13(2)19)26(23,24)11-16(15(22)25-3)7-5-4-6-8-16/h12H,4-11H2,1-3H3,(H,17,19)(H,20,21). The Kier molecular flexibility index (Phi) is 8.01. The molecule has 9 nitrogen and oxygen atoms in total. The third kappa shape index (κ3) is 5.66. The minimum absolute atomic E-state index is 0.0165. The van der Waals surface area contributed by atoms with Crippen LogP contribution in [0.2, 0.25) is 0 Å². The Morgan fingerprint density at radius 2 is 1.81 bits per heavy atom. The normalized spacial score (nSPS) is 18.2. The number of amides is 1. The van der Waals surface area contributed by atoms with Gasteiger partial charge in [-0.05, 0) is 19.8 Å². The smallest absolute Gasteiger partial charge is 0.321 e. The first kappa shape index (κ1) is 22.4. The third-order valence-electron chi connectivity index (χ3n) is 4.74. The Morgan fingerprint density at radius 1 is 1.23 bits per heavy atom. The maximum absolute atomic E-state index is 13.0. The molecule has 0 aromatic carbocycles. The number of hydrogen-bond acceptors (Lipinski definition) is 6. The van der Waals surface area contributed by atoms with Crippen molar-refractivity contribution in [3.05, 3.63) is 0 Å². The minimum Gasteiger partial charge on any atom is -0.480 e. The van der Waals surface area contributed by atoms with E-state index in [1.54, 1.807) is 0 Å². The highest BCUT2D eigenvalue weighted by Gasteiger charge is 2.46. The maximum Gasteiger partial charge on any atom is 0.321 e. The molecule has 0 aliphatic heterocycles. The van der Waals surface area contributed by atoms with Crippen molar-refractivity contribution in [2.45, 2.75) is 52.0 Å². The van der Waals surface area contributed by atoms with Crippen molar-refractivity contribution in [3.8, 4) is 0 Å². The van der Waals surface area contributed by atoms with Crippen LogP contribution in [-0.4, -0.2) is 67.7 Å². The average Bonchev–Trinajstić information content (AvgIpc) is 2.57. The van der Waals surface area contributed by atoms with Gasteiger partial charge in [-0.2, -0.15) is 4.31 Å². The van der Waals surface area contributed by atoms with E-state index in [-0.39, 0.29) is 19.0 Å². The molecule has 1 fully saturated rings. The van der Waals surface area contributed by atoms with Crippen molar-refractivity contribution in [3.63, 3.8) is 0 Å². The second-order valence-electron chi connectivity index (χ2n) is 6.70. The highest BCUT2D eigenvalue weighted by atomic mass is 32.2. The fourth-order valence-corrected chi connectivity index (χ4v) is 5.54. The first-order valence-electron chi connectivity index (χ1n) is 8.61. The van der Waals surface area contributed by atoms with Gasteiger partial charge in [0.1, 0.15) is 6.04 Å². The van der Waals surface area contributed by atoms with E-state index in [1.807, 2.05) is 0 Å². The van der Waals surface area contributed by atoms with Crippen LogP contribution in [0.15, 0.2) is 0 Å². The molecule has 1 aliphatic rings. The lowest BCUT2D eigenvalue weighted by atomic mass is 9.75. The highest BCUT2D eigenvalue weighted by Crippen LogP contribution is 2.39. The number of carboxylic acid groups (broad SMARTS) is 1. The summed E-state index contributed by atoms with van der Waals surface area (Å²) in [5.41, 5.74) is -1.16. The number of rotatable bonds is 9. The van der Waals surface area contributed by atoms with Crippen molar-refractivity contribution in [1.29, 1.82) is 0 Å². The summed E-state index contributed by atoms with van der Waals surface area (Å²) >= 11 is 0. The predicted octanol–water partition coefficient (Wildman–Crippen LogP) is 0.351. The summed E-state index contributed by atoms with van der Waals surface area (Å²) in [6.07, 6.45) is 3.12. The van der Waals surface area contributed by atoms with Crippen LogP contribution in [0.4, 0.5) is 0 Å². The van der Waals surface area contributed by atoms with E-state index in [1.165, 1.54) is 21.0 Å². The van der Waals surface area contributed by atoms with E-state index < -0.39 is 39.2 Å². The van der Waals surface area contributed by atoms with Crippen LogP contribution in [0, 0.1) is 5.41 Å². The van der Waals surface area contributed by atoms with Gasteiger partial charge in [-0.1, -0.05) is 19.3 Å². The number of carbonyl (C=O) groups is 3. The van der Waals surface area contributed by atoms with Gasteiger partial charge in [0.2, 0.25) is 15.9 Å². The zero-order valence-electron chi connectivity index (χ0n) is 15.5. The lowest BCUT2D eigenvalue weighted by Gasteiger charge is -2.36. The van der Waals surface area contributed by atoms with Gasteiger partial charge in [-0.3, -0.25) is 14.4 Å². The third-order valence-corrected chi connectivity index (χ3v) is 6.87. The molecule has 1 aliphatic carbocycles. The second kappa shape index (κ2) is 9.31. The molecule has 1 unspecified atom stereocenters. The van der Waals surface area contributed by atoms with Crippen LogP contribution in [0.1, 0.15) is 46.0 Å². The quantitative estimate of drug-likeness (QED) is 0.542. The van der Waals surface area contributed by atoms with Crippen molar-refractivity contribution in [2.24, 2.45) is 5.41 Å². The fourth-order valence-electron chi connectivity index (χ4n) is 3.32. The molecule has 0 aromatic heterocycles. The lowest BCUT2D eigenvalue weighted by molar-refractivity contribution is -0.153. The van der Waals surface area contributed by atoms with Crippen LogP contribution in [0.25, 0.3) is 0 Å².